The van der Waals surface area contributed by atoms with Crippen LogP contribution in [0.25, 0.3) is 0 Å². The molecular weight excluding hydrogens is 314 g/mol. The maximum absolute atomic E-state index is 9.72. The van der Waals surface area contributed by atoms with Gasteiger partial charge in [-0.25, -0.2) is 4.99 Å². The summed E-state index contributed by atoms with van der Waals surface area (Å²) in [6.45, 7) is 3.58. The number of aliphatic imine (C=N–C) groups is 1. The van der Waals surface area contributed by atoms with Crippen molar-refractivity contribution in [3.63, 3.8) is 0 Å². The Morgan fingerprint density at radius 2 is 1.91 bits per heavy atom. The molecule has 6 heteroatoms. The van der Waals surface area contributed by atoms with Crippen molar-refractivity contribution in [3.8, 4) is 17.2 Å². The van der Waals surface area contributed by atoms with Crippen LogP contribution in [0.4, 0.5) is 5.69 Å². The molecule has 23 heavy (non-hydrogen) atoms. The minimum atomic E-state index is 0.153. The highest BCUT2D eigenvalue weighted by molar-refractivity contribution is 6.31. The molecule has 4 rings (SSSR count). The zero-order chi connectivity index (χ0) is 15.8. The summed E-state index contributed by atoms with van der Waals surface area (Å²) in [5, 5.41) is 13.7. The van der Waals surface area contributed by atoms with Gasteiger partial charge in [-0.2, -0.15) is 0 Å². The van der Waals surface area contributed by atoms with Gasteiger partial charge < -0.3 is 20.1 Å². The molecule has 0 bridgehead atoms. The lowest BCUT2D eigenvalue weighted by molar-refractivity contribution is 0.357. The van der Waals surface area contributed by atoms with Gasteiger partial charge in [0.2, 0.25) is 0 Å². The molecule has 0 unspecified atom stereocenters. The van der Waals surface area contributed by atoms with Crippen LogP contribution in [0.5, 0.6) is 17.2 Å². The first-order valence-corrected chi connectivity index (χ1v) is 7.94. The summed E-state index contributed by atoms with van der Waals surface area (Å²) >= 11 is 6.19. The number of nitrogens with zero attached hydrogens (tertiary/aromatic N) is 2. The molecule has 0 saturated carbocycles. The van der Waals surface area contributed by atoms with Gasteiger partial charge in [-0.15, -0.1) is 0 Å². The lowest BCUT2D eigenvalue weighted by atomic mass is 10.1. The zero-order valence-electron chi connectivity index (χ0n) is 12.4. The van der Waals surface area contributed by atoms with E-state index < -0.39 is 0 Å². The molecule has 2 aliphatic rings. The molecule has 1 fully saturated rings. The van der Waals surface area contributed by atoms with Crippen molar-refractivity contribution in [1.82, 2.24) is 10.2 Å². The number of fused-ring (bicyclic) bond motifs is 2. The number of benzene rings is 2. The number of piperazine rings is 1. The fourth-order valence-corrected chi connectivity index (χ4v) is 3.03. The van der Waals surface area contributed by atoms with Gasteiger partial charge in [-0.05, 0) is 30.3 Å². The Morgan fingerprint density at radius 3 is 2.74 bits per heavy atom. The highest BCUT2D eigenvalue weighted by Gasteiger charge is 2.24. The summed E-state index contributed by atoms with van der Waals surface area (Å²) in [5.74, 6) is 2.24. The monoisotopic (exact) mass is 329 g/mol. The fraction of sp³-hybridized carbons (Fsp3) is 0.235. The maximum Gasteiger partial charge on any atom is 0.156 e. The standard InChI is InChI=1S/C17H16ClN3O2/c18-11-1-4-15-13(9-11)17(21-7-5-19-6-8-21)20-14-3-2-12(22)10-16(14)23-15/h1-4,9-10,19,22H,5-8H2. The molecule has 2 aliphatic heterocycles. The molecule has 2 aromatic carbocycles. The van der Waals surface area contributed by atoms with Crippen LogP contribution < -0.4 is 10.1 Å². The first-order valence-electron chi connectivity index (χ1n) is 7.56. The minimum absolute atomic E-state index is 0.153. The molecule has 0 aromatic heterocycles. The summed E-state index contributed by atoms with van der Waals surface area (Å²) in [6, 6.07) is 10.5. The second-order valence-corrected chi connectivity index (χ2v) is 6.00. The number of hydrogen-bond acceptors (Lipinski definition) is 5. The molecule has 2 N–H and O–H groups in total. The smallest absolute Gasteiger partial charge is 0.156 e. The first-order chi connectivity index (χ1) is 11.2. The molecule has 0 atom stereocenters. The number of nitrogens with one attached hydrogen (secondary N) is 1. The third kappa shape index (κ3) is 2.73. The maximum atomic E-state index is 9.72. The molecule has 1 saturated heterocycles. The average molecular weight is 330 g/mol. The lowest BCUT2D eigenvalue weighted by Gasteiger charge is -2.30. The van der Waals surface area contributed by atoms with Crippen LogP contribution in [-0.4, -0.2) is 42.0 Å². The van der Waals surface area contributed by atoms with Crippen molar-refractivity contribution < 1.29 is 9.84 Å². The Balaban J connectivity index is 1.89. The van der Waals surface area contributed by atoms with Gasteiger partial charge in [0.1, 0.15) is 23.0 Å². The van der Waals surface area contributed by atoms with E-state index in [-0.39, 0.29) is 5.75 Å². The molecule has 0 spiro atoms. The molecular formula is C17H16ClN3O2. The second-order valence-electron chi connectivity index (χ2n) is 5.57. The third-order valence-corrected chi connectivity index (χ3v) is 4.22. The number of rotatable bonds is 0. The Bertz CT molecular complexity index is 785. The molecule has 2 heterocycles. The molecule has 0 radical (unpaired) electrons. The Labute approximate surface area is 139 Å². The quantitative estimate of drug-likeness (QED) is 0.779. The van der Waals surface area contributed by atoms with Crippen LogP contribution in [0.3, 0.4) is 0 Å². The van der Waals surface area contributed by atoms with E-state index in [1.165, 1.54) is 0 Å². The number of amidine groups is 1. The van der Waals surface area contributed by atoms with Crippen molar-refractivity contribution in [2.24, 2.45) is 4.99 Å². The fourth-order valence-electron chi connectivity index (χ4n) is 2.85. The van der Waals surface area contributed by atoms with E-state index in [9.17, 15) is 5.11 Å². The van der Waals surface area contributed by atoms with Crippen LogP contribution >= 0.6 is 11.6 Å². The van der Waals surface area contributed by atoms with Crippen LogP contribution in [0.15, 0.2) is 41.4 Å². The Kier molecular flexibility index (Phi) is 3.59. The van der Waals surface area contributed by atoms with Gasteiger partial charge in [0.05, 0.1) is 5.56 Å². The van der Waals surface area contributed by atoms with Crippen molar-refractivity contribution in [1.29, 1.82) is 0 Å². The molecule has 0 aliphatic carbocycles. The van der Waals surface area contributed by atoms with Gasteiger partial charge in [-0.1, -0.05) is 11.6 Å². The lowest BCUT2D eigenvalue weighted by Crippen LogP contribution is -2.46. The van der Waals surface area contributed by atoms with Gasteiger partial charge in [0.25, 0.3) is 0 Å². The summed E-state index contributed by atoms with van der Waals surface area (Å²) in [4.78, 5) is 7.04. The van der Waals surface area contributed by atoms with E-state index in [2.05, 4.69) is 10.2 Å². The Hall–Kier alpha value is -2.24. The van der Waals surface area contributed by atoms with Crippen LogP contribution in [0.2, 0.25) is 5.02 Å². The van der Waals surface area contributed by atoms with Crippen LogP contribution in [0.1, 0.15) is 5.56 Å². The van der Waals surface area contributed by atoms with Gasteiger partial charge in [-0.3, -0.25) is 0 Å². The van der Waals surface area contributed by atoms with E-state index >= 15 is 0 Å². The van der Waals surface area contributed by atoms with Crippen LogP contribution in [-0.2, 0) is 0 Å². The van der Waals surface area contributed by atoms with Crippen LogP contribution in [0, 0.1) is 0 Å². The van der Waals surface area contributed by atoms with Gasteiger partial charge in [0, 0.05) is 37.3 Å². The van der Waals surface area contributed by atoms with E-state index in [0.29, 0.717) is 22.2 Å². The van der Waals surface area contributed by atoms with E-state index in [4.69, 9.17) is 21.3 Å². The number of phenolic OH excluding ortho intramolecular Hbond substituents is 1. The predicted molar refractivity (Wildman–Crippen MR) is 90.3 cm³/mol. The summed E-state index contributed by atoms with van der Waals surface area (Å²) in [5.41, 5.74) is 1.57. The summed E-state index contributed by atoms with van der Waals surface area (Å²) < 4.78 is 5.98. The van der Waals surface area contributed by atoms with E-state index in [0.717, 1.165) is 37.6 Å². The molecule has 0 amide bonds. The third-order valence-electron chi connectivity index (χ3n) is 3.99. The topological polar surface area (TPSA) is 57.1 Å². The largest absolute Gasteiger partial charge is 0.508 e. The molecule has 5 nitrogen and oxygen atoms in total. The molecule has 2 aromatic rings. The first kappa shape index (κ1) is 14.4. The number of halogens is 1. The van der Waals surface area contributed by atoms with Crippen molar-refractivity contribution in [2.75, 3.05) is 26.2 Å². The van der Waals surface area contributed by atoms with E-state index in [1.807, 2.05) is 12.1 Å². The minimum Gasteiger partial charge on any atom is -0.508 e. The van der Waals surface area contributed by atoms with Gasteiger partial charge >= 0.3 is 0 Å². The number of hydrogen-bond donors (Lipinski definition) is 2. The predicted octanol–water partition coefficient (Wildman–Crippen LogP) is 3.13. The average Bonchev–Trinajstić information content (AvgIpc) is 2.72. The highest BCUT2D eigenvalue weighted by atomic mass is 35.5. The SMILES string of the molecule is Oc1ccc2c(c1)Oc1ccc(Cl)cc1C(N1CCNCC1)=N2. The molecule has 118 valence electrons. The van der Waals surface area contributed by atoms with Crippen molar-refractivity contribution in [2.45, 2.75) is 0 Å². The number of ether oxygens (including phenoxy) is 1. The summed E-state index contributed by atoms with van der Waals surface area (Å²) in [6.07, 6.45) is 0. The summed E-state index contributed by atoms with van der Waals surface area (Å²) in [7, 11) is 0. The van der Waals surface area contributed by atoms with Crippen molar-refractivity contribution in [3.05, 3.63) is 47.0 Å². The number of aromatic hydroxyl groups is 1. The normalized spacial score (nSPS) is 16.7. The van der Waals surface area contributed by atoms with Gasteiger partial charge in [0.15, 0.2) is 5.75 Å². The number of phenols is 1. The van der Waals surface area contributed by atoms with E-state index in [1.54, 1.807) is 24.3 Å². The second kappa shape index (κ2) is 5.76. The zero-order valence-corrected chi connectivity index (χ0v) is 13.2. The Morgan fingerprint density at radius 1 is 1.09 bits per heavy atom. The highest BCUT2D eigenvalue weighted by Crippen LogP contribution is 2.40. The van der Waals surface area contributed by atoms with Crippen molar-refractivity contribution >= 4 is 23.1 Å².